The molecule has 3 heteroatoms. The van der Waals surface area contributed by atoms with Crippen LogP contribution in [0.4, 0.5) is 0 Å². The third-order valence-corrected chi connectivity index (χ3v) is 2.91. The maximum atomic E-state index is 8.81. The van der Waals surface area contributed by atoms with Crippen molar-refractivity contribution in [3.63, 3.8) is 0 Å². The first kappa shape index (κ1) is 8.09. The van der Waals surface area contributed by atoms with E-state index in [0.717, 1.165) is 10.4 Å². The minimum atomic E-state index is 0.710. The molecule has 0 aliphatic heterocycles. The fraction of sp³-hybridized carbons (Fsp3) is 0.100. The minimum absolute atomic E-state index is 0.710. The van der Waals surface area contributed by atoms with Crippen LogP contribution in [-0.4, -0.2) is 4.98 Å². The van der Waals surface area contributed by atoms with E-state index in [4.69, 9.17) is 5.26 Å². The highest BCUT2D eigenvalue weighted by Crippen LogP contribution is 2.29. The van der Waals surface area contributed by atoms with Crippen LogP contribution in [0.1, 0.15) is 10.4 Å². The van der Waals surface area contributed by atoms with Gasteiger partial charge >= 0.3 is 0 Å². The molecule has 0 saturated heterocycles. The van der Waals surface area contributed by atoms with Crippen molar-refractivity contribution >= 4 is 11.3 Å². The Labute approximate surface area is 80.5 Å². The second kappa shape index (κ2) is 3.08. The molecule has 0 fully saturated rings. The normalized spacial score (nSPS) is 9.85. The summed E-state index contributed by atoms with van der Waals surface area (Å²) in [5, 5.41) is 8.81. The van der Waals surface area contributed by atoms with Crippen molar-refractivity contribution in [3.05, 3.63) is 35.0 Å². The first-order chi connectivity index (χ1) is 6.31. The Bertz CT molecular complexity index is 459. The lowest BCUT2D eigenvalue weighted by Gasteiger charge is -1.90. The molecule has 0 spiro atoms. The lowest BCUT2D eigenvalue weighted by Crippen LogP contribution is -1.70. The lowest BCUT2D eigenvalue weighted by atomic mass is 10.2. The van der Waals surface area contributed by atoms with E-state index in [-0.39, 0.29) is 0 Å². The molecule has 2 aromatic heterocycles. The summed E-state index contributed by atoms with van der Waals surface area (Å²) in [5.41, 5.74) is 1.71. The highest BCUT2D eigenvalue weighted by molar-refractivity contribution is 7.15. The molecule has 0 amide bonds. The first-order valence-corrected chi connectivity index (χ1v) is 4.76. The van der Waals surface area contributed by atoms with Gasteiger partial charge in [0.25, 0.3) is 0 Å². The predicted molar refractivity (Wildman–Crippen MR) is 53.6 cm³/mol. The zero-order chi connectivity index (χ0) is 9.26. The van der Waals surface area contributed by atoms with Crippen LogP contribution in [0.3, 0.4) is 0 Å². The van der Waals surface area contributed by atoms with Gasteiger partial charge in [0.1, 0.15) is 6.07 Å². The van der Waals surface area contributed by atoms with Crippen molar-refractivity contribution in [3.8, 4) is 16.5 Å². The van der Waals surface area contributed by atoms with E-state index in [1.54, 1.807) is 17.5 Å². The summed E-state index contributed by atoms with van der Waals surface area (Å²) in [7, 11) is 0. The number of aromatic amines is 1. The van der Waals surface area contributed by atoms with Gasteiger partial charge in [-0.1, -0.05) is 0 Å². The number of thiophene rings is 1. The summed E-state index contributed by atoms with van der Waals surface area (Å²) in [6, 6.07) is 6.27. The van der Waals surface area contributed by atoms with Crippen molar-refractivity contribution in [1.29, 1.82) is 5.26 Å². The number of nitriles is 1. The van der Waals surface area contributed by atoms with E-state index in [9.17, 15) is 0 Å². The van der Waals surface area contributed by atoms with Gasteiger partial charge in [0, 0.05) is 27.7 Å². The second-order valence-electron chi connectivity index (χ2n) is 2.80. The smallest absolute Gasteiger partial charge is 0.101 e. The molecule has 2 nitrogen and oxygen atoms in total. The topological polar surface area (TPSA) is 39.6 Å². The molecule has 0 atom stereocenters. The molecule has 64 valence electrons. The number of rotatable bonds is 1. The highest BCUT2D eigenvalue weighted by atomic mass is 32.1. The molecule has 13 heavy (non-hydrogen) atoms. The van der Waals surface area contributed by atoms with Gasteiger partial charge in [0.05, 0.1) is 5.56 Å². The molecule has 1 N–H and O–H groups in total. The number of H-pyrrole nitrogens is 1. The number of nitrogens with zero attached hydrogens (tertiary/aromatic N) is 1. The molecular weight excluding hydrogens is 180 g/mol. The van der Waals surface area contributed by atoms with Gasteiger partial charge in [-0.15, -0.1) is 11.3 Å². The van der Waals surface area contributed by atoms with Gasteiger partial charge < -0.3 is 4.98 Å². The average Bonchev–Trinajstić information content (AvgIpc) is 2.71. The minimum Gasteiger partial charge on any atom is -0.366 e. The monoisotopic (exact) mass is 188 g/mol. The van der Waals surface area contributed by atoms with E-state index in [0.29, 0.717) is 5.56 Å². The molecule has 0 aromatic carbocycles. The largest absolute Gasteiger partial charge is 0.366 e. The first-order valence-electron chi connectivity index (χ1n) is 3.95. The molecule has 2 rings (SSSR count). The van der Waals surface area contributed by atoms with Gasteiger partial charge in [0.15, 0.2) is 0 Å². The van der Waals surface area contributed by atoms with E-state index >= 15 is 0 Å². The predicted octanol–water partition coefficient (Wildman–Crippen LogP) is 2.92. The van der Waals surface area contributed by atoms with Gasteiger partial charge in [-0.25, -0.2) is 0 Å². The summed E-state index contributed by atoms with van der Waals surface area (Å²) >= 11 is 1.70. The number of hydrogen-bond donors (Lipinski definition) is 1. The number of aryl methyl sites for hydroxylation is 1. The molecule has 0 radical (unpaired) electrons. The van der Waals surface area contributed by atoms with Gasteiger partial charge in [-0.3, -0.25) is 0 Å². The Hall–Kier alpha value is -1.53. The van der Waals surface area contributed by atoms with E-state index in [1.165, 1.54) is 4.88 Å². The maximum absolute atomic E-state index is 8.81. The van der Waals surface area contributed by atoms with Crippen LogP contribution < -0.4 is 0 Å². The lowest BCUT2D eigenvalue weighted by molar-refractivity contribution is 1.40. The van der Waals surface area contributed by atoms with Crippen LogP contribution >= 0.6 is 11.3 Å². The van der Waals surface area contributed by atoms with Crippen molar-refractivity contribution < 1.29 is 0 Å². The number of nitrogens with one attached hydrogen (secondary N) is 1. The average molecular weight is 188 g/mol. The van der Waals surface area contributed by atoms with Crippen molar-refractivity contribution in [2.24, 2.45) is 0 Å². The standard InChI is InChI=1S/C10H8N2S/c1-7-2-3-10(13-7)9-6-12-5-8(9)4-11/h2-3,5-6,12H,1H3. The molecule has 0 unspecified atom stereocenters. The fourth-order valence-electron chi connectivity index (χ4n) is 1.24. The van der Waals surface area contributed by atoms with Crippen molar-refractivity contribution in [2.75, 3.05) is 0 Å². The Balaban J connectivity index is 2.53. The third-order valence-electron chi connectivity index (χ3n) is 1.87. The zero-order valence-electron chi connectivity index (χ0n) is 7.16. The van der Waals surface area contributed by atoms with Gasteiger partial charge in [-0.2, -0.15) is 5.26 Å². The summed E-state index contributed by atoms with van der Waals surface area (Å²) in [5.74, 6) is 0. The van der Waals surface area contributed by atoms with E-state index in [1.807, 2.05) is 12.3 Å². The summed E-state index contributed by atoms with van der Waals surface area (Å²) in [6.07, 6.45) is 3.59. The van der Waals surface area contributed by atoms with Crippen molar-refractivity contribution in [1.82, 2.24) is 4.98 Å². The molecule has 2 heterocycles. The van der Waals surface area contributed by atoms with Crippen LogP contribution in [-0.2, 0) is 0 Å². The zero-order valence-corrected chi connectivity index (χ0v) is 7.98. The Morgan fingerprint density at radius 3 is 2.85 bits per heavy atom. The van der Waals surface area contributed by atoms with Gasteiger partial charge in [0.2, 0.25) is 0 Å². The van der Waals surface area contributed by atoms with Crippen LogP contribution in [0.5, 0.6) is 0 Å². The van der Waals surface area contributed by atoms with Crippen LogP contribution in [0.15, 0.2) is 24.5 Å². The quantitative estimate of drug-likeness (QED) is 0.734. The van der Waals surface area contributed by atoms with E-state index in [2.05, 4.69) is 24.0 Å². The van der Waals surface area contributed by atoms with E-state index < -0.39 is 0 Å². The fourth-order valence-corrected chi connectivity index (χ4v) is 2.14. The molecular formula is C10H8N2S. The summed E-state index contributed by atoms with van der Waals surface area (Å²) in [4.78, 5) is 5.35. The molecule has 0 saturated carbocycles. The molecule has 2 aromatic rings. The Morgan fingerprint density at radius 2 is 2.23 bits per heavy atom. The SMILES string of the molecule is Cc1ccc(-c2c[nH]cc2C#N)s1. The van der Waals surface area contributed by atoms with Crippen LogP contribution in [0, 0.1) is 18.3 Å². The Kier molecular flexibility index (Phi) is 1.91. The molecule has 0 bridgehead atoms. The second-order valence-corrected chi connectivity index (χ2v) is 4.09. The summed E-state index contributed by atoms with van der Waals surface area (Å²) < 4.78 is 0. The van der Waals surface area contributed by atoms with Crippen LogP contribution in [0.25, 0.3) is 10.4 Å². The van der Waals surface area contributed by atoms with Crippen LogP contribution in [0.2, 0.25) is 0 Å². The summed E-state index contributed by atoms with van der Waals surface area (Å²) in [6.45, 7) is 2.06. The maximum Gasteiger partial charge on any atom is 0.101 e. The molecule has 0 aliphatic carbocycles. The molecule has 0 aliphatic rings. The third kappa shape index (κ3) is 1.36. The number of hydrogen-bond acceptors (Lipinski definition) is 2. The van der Waals surface area contributed by atoms with Gasteiger partial charge in [-0.05, 0) is 19.1 Å². The Morgan fingerprint density at radius 1 is 1.38 bits per heavy atom. The van der Waals surface area contributed by atoms with Crippen molar-refractivity contribution in [2.45, 2.75) is 6.92 Å². The number of aromatic nitrogens is 1. The highest BCUT2D eigenvalue weighted by Gasteiger charge is 2.06.